The highest BCUT2D eigenvalue weighted by Gasteiger charge is 2.17. The summed E-state index contributed by atoms with van der Waals surface area (Å²) in [7, 11) is 0. The maximum atomic E-state index is 12.6. The Balaban J connectivity index is 1.53. The van der Waals surface area contributed by atoms with E-state index in [1.54, 1.807) is 31.3 Å². The summed E-state index contributed by atoms with van der Waals surface area (Å²) < 4.78 is 1.30. The summed E-state index contributed by atoms with van der Waals surface area (Å²) in [5, 5.41) is 5.51. The van der Waals surface area contributed by atoms with E-state index < -0.39 is 11.9 Å². The van der Waals surface area contributed by atoms with Crippen LogP contribution in [-0.2, 0) is 4.79 Å². The molecule has 2 aromatic carbocycles. The lowest BCUT2D eigenvalue weighted by Gasteiger charge is -2.13. The molecule has 0 fully saturated rings. The highest BCUT2D eigenvalue weighted by molar-refractivity contribution is 5.99. The van der Waals surface area contributed by atoms with Gasteiger partial charge in [-0.3, -0.25) is 14.2 Å². The van der Waals surface area contributed by atoms with Crippen LogP contribution in [0, 0.1) is 0 Å². The molecular formula is C20H17N5O2. The van der Waals surface area contributed by atoms with Crippen molar-refractivity contribution in [2.45, 2.75) is 13.0 Å². The summed E-state index contributed by atoms with van der Waals surface area (Å²) >= 11 is 0. The monoisotopic (exact) mass is 359 g/mol. The summed E-state index contributed by atoms with van der Waals surface area (Å²) in [5.41, 5.74) is 4.69. The molecule has 7 nitrogen and oxygen atoms in total. The first-order valence-corrected chi connectivity index (χ1v) is 8.50. The van der Waals surface area contributed by atoms with Crippen molar-refractivity contribution in [3.05, 3.63) is 77.0 Å². The minimum Gasteiger partial charge on any atom is -0.361 e. The second kappa shape index (κ2) is 6.87. The SMILES string of the molecule is C[C@H](C(=O)N/N=C/c1c[nH]c2ccccc12)n1cnc2ccccc2c1=O. The third-order valence-corrected chi connectivity index (χ3v) is 4.49. The lowest BCUT2D eigenvalue weighted by Crippen LogP contribution is -2.33. The normalized spacial score (nSPS) is 12.6. The van der Waals surface area contributed by atoms with E-state index in [2.05, 4.69) is 20.5 Å². The van der Waals surface area contributed by atoms with Crippen LogP contribution in [0.25, 0.3) is 21.8 Å². The van der Waals surface area contributed by atoms with Crippen LogP contribution in [0.1, 0.15) is 18.5 Å². The Hall–Kier alpha value is -3.74. The number of hydrazone groups is 1. The number of fused-ring (bicyclic) bond motifs is 2. The van der Waals surface area contributed by atoms with Crippen LogP contribution in [0.3, 0.4) is 0 Å². The van der Waals surface area contributed by atoms with Gasteiger partial charge in [-0.1, -0.05) is 30.3 Å². The topological polar surface area (TPSA) is 92.1 Å². The Morgan fingerprint density at radius 2 is 1.93 bits per heavy atom. The van der Waals surface area contributed by atoms with Crippen molar-refractivity contribution < 1.29 is 4.79 Å². The zero-order valence-corrected chi connectivity index (χ0v) is 14.6. The zero-order valence-electron chi connectivity index (χ0n) is 14.6. The summed E-state index contributed by atoms with van der Waals surface area (Å²) in [6.07, 6.45) is 4.78. The summed E-state index contributed by atoms with van der Waals surface area (Å²) in [6.45, 7) is 1.63. The van der Waals surface area contributed by atoms with Crippen LogP contribution in [-0.4, -0.2) is 26.7 Å². The van der Waals surface area contributed by atoms with Gasteiger partial charge < -0.3 is 4.98 Å². The van der Waals surface area contributed by atoms with Gasteiger partial charge in [0.15, 0.2) is 0 Å². The molecule has 2 heterocycles. The van der Waals surface area contributed by atoms with E-state index in [0.29, 0.717) is 10.9 Å². The van der Waals surface area contributed by atoms with Gasteiger partial charge in [-0.2, -0.15) is 5.10 Å². The molecule has 2 N–H and O–H groups in total. The number of carbonyl (C=O) groups is 1. The van der Waals surface area contributed by atoms with Crippen LogP contribution in [0.5, 0.6) is 0 Å². The molecule has 2 aromatic heterocycles. The molecule has 1 amide bonds. The molecule has 0 aliphatic carbocycles. The van der Waals surface area contributed by atoms with Crippen molar-refractivity contribution in [3.8, 4) is 0 Å². The Morgan fingerprint density at radius 3 is 2.78 bits per heavy atom. The smallest absolute Gasteiger partial charge is 0.262 e. The molecule has 1 atom stereocenters. The van der Waals surface area contributed by atoms with Crippen LogP contribution in [0.15, 0.2) is 71.0 Å². The average molecular weight is 359 g/mol. The maximum Gasteiger partial charge on any atom is 0.262 e. The van der Waals surface area contributed by atoms with Gasteiger partial charge >= 0.3 is 0 Å². The maximum absolute atomic E-state index is 12.6. The highest BCUT2D eigenvalue weighted by Crippen LogP contribution is 2.15. The van der Waals surface area contributed by atoms with Gasteiger partial charge in [-0.25, -0.2) is 10.4 Å². The number of aromatic nitrogens is 3. The summed E-state index contributed by atoms with van der Waals surface area (Å²) in [4.78, 5) is 32.4. The number of benzene rings is 2. The lowest BCUT2D eigenvalue weighted by molar-refractivity contribution is -0.123. The number of hydrogen-bond donors (Lipinski definition) is 2. The van der Waals surface area contributed by atoms with Crippen molar-refractivity contribution in [3.63, 3.8) is 0 Å². The largest absolute Gasteiger partial charge is 0.361 e. The van der Waals surface area contributed by atoms with E-state index in [1.165, 1.54) is 10.9 Å². The van der Waals surface area contributed by atoms with E-state index in [1.807, 2.05) is 36.5 Å². The number of nitrogens with zero attached hydrogens (tertiary/aromatic N) is 3. The first kappa shape index (κ1) is 16.7. The van der Waals surface area contributed by atoms with Crippen molar-refractivity contribution in [1.29, 1.82) is 0 Å². The second-order valence-electron chi connectivity index (χ2n) is 6.17. The van der Waals surface area contributed by atoms with Gasteiger partial charge in [0, 0.05) is 22.7 Å². The third kappa shape index (κ3) is 3.10. The molecule has 7 heteroatoms. The molecule has 0 unspecified atom stereocenters. The van der Waals surface area contributed by atoms with Gasteiger partial charge in [-0.05, 0) is 25.1 Å². The molecule has 0 spiro atoms. The van der Waals surface area contributed by atoms with Crippen LogP contribution < -0.4 is 11.0 Å². The standard InChI is InChI=1S/C20H17N5O2/c1-13(25-12-22-18-9-5-3-7-16(18)20(25)27)19(26)24-23-11-14-10-21-17-8-4-2-6-15(14)17/h2-13,21H,1H3,(H,24,26)/b23-11+/t13-/m1/s1. The predicted octanol–water partition coefficient (Wildman–Crippen LogP) is 2.59. The van der Waals surface area contributed by atoms with Gasteiger partial charge in [0.25, 0.3) is 11.5 Å². The molecule has 0 aliphatic heterocycles. The van der Waals surface area contributed by atoms with Crippen molar-refractivity contribution in [2.75, 3.05) is 0 Å². The fourth-order valence-electron chi connectivity index (χ4n) is 2.94. The minimum atomic E-state index is -0.741. The molecule has 0 saturated carbocycles. The molecule has 0 aliphatic rings. The molecule has 4 aromatic rings. The molecular weight excluding hydrogens is 342 g/mol. The number of para-hydroxylation sites is 2. The van der Waals surface area contributed by atoms with Crippen molar-refractivity contribution in [1.82, 2.24) is 20.0 Å². The molecule has 0 bridgehead atoms. The van der Waals surface area contributed by atoms with E-state index in [9.17, 15) is 9.59 Å². The Labute approximate surface area is 154 Å². The number of rotatable bonds is 4. The van der Waals surface area contributed by atoms with Crippen molar-refractivity contribution >= 4 is 33.9 Å². The summed E-state index contributed by atoms with van der Waals surface area (Å²) in [6, 6.07) is 14.1. The van der Waals surface area contributed by atoms with Crippen LogP contribution in [0.2, 0.25) is 0 Å². The number of aromatic amines is 1. The molecule has 27 heavy (non-hydrogen) atoms. The second-order valence-corrected chi connectivity index (χ2v) is 6.17. The number of H-pyrrole nitrogens is 1. The number of carbonyl (C=O) groups excluding carboxylic acids is 1. The van der Waals surface area contributed by atoms with E-state index in [-0.39, 0.29) is 5.56 Å². The van der Waals surface area contributed by atoms with Crippen molar-refractivity contribution in [2.24, 2.45) is 5.10 Å². The number of hydrogen-bond acceptors (Lipinski definition) is 4. The zero-order chi connectivity index (χ0) is 18.8. The van der Waals surface area contributed by atoms with Gasteiger partial charge in [0.05, 0.1) is 23.4 Å². The van der Waals surface area contributed by atoms with E-state index in [4.69, 9.17) is 0 Å². The molecule has 134 valence electrons. The quantitative estimate of drug-likeness (QED) is 0.433. The minimum absolute atomic E-state index is 0.260. The highest BCUT2D eigenvalue weighted by atomic mass is 16.2. The first-order chi connectivity index (χ1) is 13.1. The van der Waals surface area contributed by atoms with Crippen LogP contribution >= 0.6 is 0 Å². The summed E-state index contributed by atoms with van der Waals surface area (Å²) in [5.74, 6) is -0.398. The van der Waals surface area contributed by atoms with E-state index >= 15 is 0 Å². The molecule has 0 radical (unpaired) electrons. The van der Waals surface area contributed by atoms with Crippen LogP contribution in [0.4, 0.5) is 0 Å². The molecule has 4 rings (SSSR count). The fraction of sp³-hybridized carbons (Fsp3) is 0.100. The fourth-order valence-corrected chi connectivity index (χ4v) is 2.94. The average Bonchev–Trinajstić information content (AvgIpc) is 3.11. The molecule has 0 saturated heterocycles. The predicted molar refractivity (Wildman–Crippen MR) is 105 cm³/mol. The number of amides is 1. The van der Waals surface area contributed by atoms with Gasteiger partial charge in [-0.15, -0.1) is 0 Å². The third-order valence-electron chi connectivity index (χ3n) is 4.49. The first-order valence-electron chi connectivity index (χ1n) is 8.50. The lowest BCUT2D eigenvalue weighted by atomic mass is 10.2. The Morgan fingerprint density at radius 1 is 1.19 bits per heavy atom. The number of nitrogens with one attached hydrogen (secondary N) is 2. The Bertz CT molecular complexity index is 1220. The Kier molecular flexibility index (Phi) is 4.25. The van der Waals surface area contributed by atoms with Gasteiger partial charge in [0.2, 0.25) is 0 Å². The van der Waals surface area contributed by atoms with Gasteiger partial charge in [0.1, 0.15) is 6.04 Å². The van der Waals surface area contributed by atoms with E-state index in [0.717, 1.165) is 16.5 Å².